The number of halogens is 1. The van der Waals surface area contributed by atoms with Crippen LogP contribution in [-0.4, -0.2) is 28.6 Å². The fourth-order valence-corrected chi connectivity index (χ4v) is 3.08. The Balaban J connectivity index is 2.19. The quantitative estimate of drug-likeness (QED) is 0.909. The molecule has 0 bridgehead atoms. The molecule has 104 valence electrons. The molecule has 0 aliphatic carbocycles. The normalized spacial score (nSPS) is 25.4. The highest BCUT2D eigenvalue weighted by Gasteiger charge is 2.38. The first-order chi connectivity index (χ1) is 9.04. The number of aliphatic carboxylic acids is 1. The van der Waals surface area contributed by atoms with E-state index in [1.807, 2.05) is 6.92 Å². The van der Waals surface area contributed by atoms with E-state index in [0.29, 0.717) is 6.42 Å². The molecule has 0 spiro atoms. The maximum atomic E-state index is 13.0. The van der Waals surface area contributed by atoms with Crippen LogP contribution in [0.15, 0.2) is 24.3 Å². The molecule has 0 radical (unpaired) electrons. The van der Waals surface area contributed by atoms with Gasteiger partial charge in [0.25, 0.3) is 0 Å². The van der Waals surface area contributed by atoms with E-state index in [0.717, 1.165) is 18.5 Å². The number of hydrogen-bond acceptors (Lipinski definition) is 2. The van der Waals surface area contributed by atoms with E-state index in [4.69, 9.17) is 0 Å². The fourth-order valence-electron chi connectivity index (χ4n) is 3.08. The molecule has 1 aliphatic rings. The zero-order valence-corrected chi connectivity index (χ0v) is 11.3. The minimum atomic E-state index is -0.719. The molecule has 3 nitrogen and oxygen atoms in total. The second-order valence-corrected chi connectivity index (χ2v) is 5.19. The van der Waals surface area contributed by atoms with Crippen molar-refractivity contribution in [3.8, 4) is 0 Å². The van der Waals surface area contributed by atoms with Crippen molar-refractivity contribution >= 4 is 5.97 Å². The molecule has 19 heavy (non-hydrogen) atoms. The number of carboxylic acid groups (broad SMARTS) is 1. The van der Waals surface area contributed by atoms with Crippen molar-refractivity contribution in [1.29, 1.82) is 0 Å². The van der Waals surface area contributed by atoms with Gasteiger partial charge in [-0.2, -0.15) is 0 Å². The van der Waals surface area contributed by atoms with Gasteiger partial charge >= 0.3 is 5.97 Å². The highest BCUT2D eigenvalue weighted by molar-refractivity contribution is 5.71. The molecule has 2 rings (SSSR count). The van der Waals surface area contributed by atoms with Crippen molar-refractivity contribution in [2.75, 3.05) is 6.54 Å². The average molecular weight is 265 g/mol. The van der Waals surface area contributed by atoms with Crippen LogP contribution in [0.4, 0.5) is 4.39 Å². The number of likely N-dealkylation sites (tertiary alicyclic amines) is 1. The van der Waals surface area contributed by atoms with Crippen molar-refractivity contribution in [1.82, 2.24) is 4.90 Å². The number of benzene rings is 1. The van der Waals surface area contributed by atoms with Crippen LogP contribution < -0.4 is 0 Å². The van der Waals surface area contributed by atoms with Gasteiger partial charge in [0.2, 0.25) is 0 Å². The van der Waals surface area contributed by atoms with Crippen LogP contribution in [0.1, 0.15) is 38.3 Å². The van der Waals surface area contributed by atoms with Crippen LogP contribution in [0, 0.1) is 11.7 Å². The van der Waals surface area contributed by atoms with E-state index in [-0.39, 0.29) is 23.8 Å². The number of carboxylic acids is 1. The van der Waals surface area contributed by atoms with Crippen molar-refractivity contribution in [3.05, 3.63) is 35.6 Å². The molecule has 3 unspecified atom stereocenters. The highest BCUT2D eigenvalue weighted by Crippen LogP contribution is 2.34. The van der Waals surface area contributed by atoms with Gasteiger partial charge in [-0.1, -0.05) is 19.1 Å². The summed E-state index contributed by atoms with van der Waals surface area (Å²) in [6, 6.07) is 6.71. The molecule has 0 amide bonds. The van der Waals surface area contributed by atoms with Crippen LogP contribution in [0.5, 0.6) is 0 Å². The summed E-state index contributed by atoms with van der Waals surface area (Å²) in [6.07, 6.45) is 1.58. The van der Waals surface area contributed by atoms with Crippen LogP contribution in [0.3, 0.4) is 0 Å². The molecule has 0 aromatic heterocycles. The molecule has 4 heteroatoms. The minimum absolute atomic E-state index is 0.0208. The Kier molecular flexibility index (Phi) is 4.20. The molecule has 3 atom stereocenters. The van der Waals surface area contributed by atoms with Crippen molar-refractivity contribution in [2.45, 2.75) is 38.8 Å². The van der Waals surface area contributed by atoms with Gasteiger partial charge in [0.05, 0.1) is 5.92 Å². The number of hydrogen-bond donors (Lipinski definition) is 1. The Morgan fingerprint density at radius 1 is 1.47 bits per heavy atom. The fraction of sp³-hybridized carbons (Fsp3) is 0.533. The molecule has 1 saturated heterocycles. The van der Waals surface area contributed by atoms with Gasteiger partial charge in [0, 0.05) is 12.1 Å². The van der Waals surface area contributed by atoms with Crippen molar-refractivity contribution < 1.29 is 14.3 Å². The van der Waals surface area contributed by atoms with E-state index >= 15 is 0 Å². The molecular weight excluding hydrogens is 245 g/mol. The van der Waals surface area contributed by atoms with Gasteiger partial charge in [0.15, 0.2) is 0 Å². The zero-order valence-electron chi connectivity index (χ0n) is 11.3. The third-order valence-electron chi connectivity index (χ3n) is 4.16. The highest BCUT2D eigenvalue weighted by atomic mass is 19.1. The van der Waals surface area contributed by atoms with Gasteiger partial charge < -0.3 is 5.11 Å². The van der Waals surface area contributed by atoms with Crippen LogP contribution in [0.2, 0.25) is 0 Å². The molecule has 1 aromatic rings. The lowest BCUT2D eigenvalue weighted by Crippen LogP contribution is -2.35. The van der Waals surface area contributed by atoms with E-state index in [9.17, 15) is 14.3 Å². The van der Waals surface area contributed by atoms with E-state index in [1.165, 1.54) is 12.1 Å². The summed E-state index contributed by atoms with van der Waals surface area (Å²) in [5, 5.41) is 9.19. The van der Waals surface area contributed by atoms with Gasteiger partial charge in [0.1, 0.15) is 5.82 Å². The molecule has 1 N–H and O–H groups in total. The Hall–Kier alpha value is -1.42. The van der Waals surface area contributed by atoms with Gasteiger partial charge in [-0.05, 0) is 44.0 Å². The van der Waals surface area contributed by atoms with Crippen LogP contribution in [-0.2, 0) is 4.79 Å². The Labute approximate surface area is 113 Å². The monoisotopic (exact) mass is 265 g/mol. The molecular formula is C15H20FNO2. The predicted octanol–water partition coefficient (Wildman–Crippen LogP) is 3.07. The first-order valence-corrected chi connectivity index (χ1v) is 6.78. The number of rotatable bonds is 4. The lowest BCUT2D eigenvalue weighted by molar-refractivity contribution is -0.142. The predicted molar refractivity (Wildman–Crippen MR) is 71.3 cm³/mol. The summed E-state index contributed by atoms with van der Waals surface area (Å²) in [6.45, 7) is 4.83. The van der Waals surface area contributed by atoms with Gasteiger partial charge in [-0.15, -0.1) is 0 Å². The summed E-state index contributed by atoms with van der Waals surface area (Å²) < 4.78 is 13.0. The van der Waals surface area contributed by atoms with E-state index in [1.54, 1.807) is 12.1 Å². The SMILES string of the molecule is CCC(c1ccc(F)cc1)N1CCC(C(=O)O)C1C. The molecule has 0 saturated carbocycles. The average Bonchev–Trinajstić information content (AvgIpc) is 2.75. The summed E-state index contributed by atoms with van der Waals surface area (Å²) >= 11 is 0. The van der Waals surface area contributed by atoms with Gasteiger partial charge in [-0.25, -0.2) is 4.39 Å². The first-order valence-electron chi connectivity index (χ1n) is 6.78. The van der Waals surface area contributed by atoms with E-state index in [2.05, 4.69) is 11.8 Å². The number of nitrogens with zero attached hydrogens (tertiary/aromatic N) is 1. The standard InChI is InChI=1S/C15H20FNO2/c1-3-14(11-4-6-12(16)7-5-11)17-9-8-13(10(17)2)15(18)19/h4-7,10,13-14H,3,8-9H2,1-2H3,(H,18,19). The summed E-state index contributed by atoms with van der Waals surface area (Å²) in [5.74, 6) is -1.25. The molecule has 1 aliphatic heterocycles. The van der Waals surface area contributed by atoms with Crippen molar-refractivity contribution in [2.24, 2.45) is 5.92 Å². The minimum Gasteiger partial charge on any atom is -0.481 e. The Morgan fingerprint density at radius 2 is 2.11 bits per heavy atom. The summed E-state index contributed by atoms with van der Waals surface area (Å²) in [4.78, 5) is 13.4. The van der Waals surface area contributed by atoms with Gasteiger partial charge in [-0.3, -0.25) is 9.69 Å². The topological polar surface area (TPSA) is 40.5 Å². The molecule has 1 heterocycles. The summed E-state index contributed by atoms with van der Waals surface area (Å²) in [5.41, 5.74) is 1.06. The molecule has 1 fully saturated rings. The zero-order chi connectivity index (χ0) is 14.0. The third-order valence-corrected chi connectivity index (χ3v) is 4.16. The second-order valence-electron chi connectivity index (χ2n) is 5.19. The number of carbonyl (C=O) groups is 1. The third kappa shape index (κ3) is 2.78. The van der Waals surface area contributed by atoms with Crippen LogP contribution in [0.25, 0.3) is 0 Å². The van der Waals surface area contributed by atoms with Crippen LogP contribution >= 0.6 is 0 Å². The summed E-state index contributed by atoms with van der Waals surface area (Å²) in [7, 11) is 0. The maximum absolute atomic E-state index is 13.0. The lowest BCUT2D eigenvalue weighted by atomic mass is 9.99. The maximum Gasteiger partial charge on any atom is 0.308 e. The Morgan fingerprint density at radius 3 is 2.58 bits per heavy atom. The lowest BCUT2D eigenvalue weighted by Gasteiger charge is -2.32. The van der Waals surface area contributed by atoms with E-state index < -0.39 is 5.97 Å². The second kappa shape index (κ2) is 5.70. The molecule has 1 aromatic carbocycles. The first kappa shape index (κ1) is 14.0. The largest absolute Gasteiger partial charge is 0.481 e. The Bertz CT molecular complexity index is 446. The smallest absolute Gasteiger partial charge is 0.308 e. The van der Waals surface area contributed by atoms with Crippen molar-refractivity contribution in [3.63, 3.8) is 0 Å².